The summed E-state index contributed by atoms with van der Waals surface area (Å²) >= 11 is 0. The molecule has 3 rings (SSSR count). The first-order valence-electron chi connectivity index (χ1n) is 10.5. The Balaban J connectivity index is 1.93. The van der Waals surface area contributed by atoms with E-state index in [0.717, 1.165) is 56.1 Å². The smallest absolute Gasteiger partial charge is 0.242 e. The van der Waals surface area contributed by atoms with Crippen molar-refractivity contribution >= 4 is 21.1 Å². The Bertz CT molecular complexity index is 923. The van der Waals surface area contributed by atoms with Crippen LogP contribution in [0.1, 0.15) is 38.4 Å². The number of rotatable bonds is 8. The standard InChI is InChI=1S/C21H34N4O3S/c1-5-11-25-20-10-9-18(29(26,27)23(2)3)13-19(20)22-21(25)15-24-12-7-6-8-17(14-24)16-28-4/h9-10,13,17H,5-8,11-12,14-16H2,1-4H3. The molecule has 1 aromatic carbocycles. The molecule has 7 nitrogen and oxygen atoms in total. The summed E-state index contributed by atoms with van der Waals surface area (Å²) in [5, 5.41) is 0. The zero-order valence-corrected chi connectivity index (χ0v) is 18.9. The average molecular weight is 423 g/mol. The minimum atomic E-state index is -3.47. The van der Waals surface area contributed by atoms with Crippen molar-refractivity contribution in [1.82, 2.24) is 18.8 Å². The van der Waals surface area contributed by atoms with Crippen LogP contribution in [-0.4, -0.2) is 68.1 Å². The van der Waals surface area contributed by atoms with E-state index in [0.29, 0.717) is 5.92 Å². The second-order valence-electron chi connectivity index (χ2n) is 8.17. The number of nitrogens with zero attached hydrogens (tertiary/aromatic N) is 4. The van der Waals surface area contributed by atoms with Crippen LogP contribution in [0.2, 0.25) is 0 Å². The molecule has 2 heterocycles. The third-order valence-corrected chi connectivity index (χ3v) is 7.46. The van der Waals surface area contributed by atoms with Gasteiger partial charge >= 0.3 is 0 Å². The molecule has 0 aliphatic carbocycles. The van der Waals surface area contributed by atoms with Crippen LogP contribution in [0.15, 0.2) is 23.1 Å². The van der Waals surface area contributed by atoms with Crippen LogP contribution in [0.5, 0.6) is 0 Å². The Labute approximate surface area is 174 Å². The van der Waals surface area contributed by atoms with Gasteiger partial charge in [0.05, 0.1) is 29.1 Å². The highest BCUT2D eigenvalue weighted by molar-refractivity contribution is 7.89. The molecule has 0 radical (unpaired) electrons. The van der Waals surface area contributed by atoms with E-state index in [-0.39, 0.29) is 4.90 Å². The molecule has 0 saturated carbocycles. The fourth-order valence-corrected chi connectivity index (χ4v) is 5.08. The number of likely N-dealkylation sites (tertiary alicyclic amines) is 1. The first kappa shape index (κ1) is 22.2. The molecular formula is C21H34N4O3S. The summed E-state index contributed by atoms with van der Waals surface area (Å²) in [5.41, 5.74) is 1.75. The lowest BCUT2D eigenvalue weighted by atomic mass is 10.0. The quantitative estimate of drug-likeness (QED) is 0.654. The Hall–Kier alpha value is -1.48. The van der Waals surface area contributed by atoms with E-state index in [1.807, 2.05) is 6.07 Å². The highest BCUT2D eigenvalue weighted by Crippen LogP contribution is 2.24. The van der Waals surface area contributed by atoms with Crippen LogP contribution in [0.3, 0.4) is 0 Å². The second-order valence-corrected chi connectivity index (χ2v) is 10.3. The number of methoxy groups -OCH3 is 1. The lowest BCUT2D eigenvalue weighted by molar-refractivity contribution is 0.123. The summed E-state index contributed by atoms with van der Waals surface area (Å²) in [6.45, 7) is 6.69. The molecule has 1 aliphatic rings. The van der Waals surface area contributed by atoms with Crippen LogP contribution in [0.4, 0.5) is 0 Å². The number of aryl methyl sites for hydroxylation is 1. The molecule has 0 spiro atoms. The van der Waals surface area contributed by atoms with Crippen molar-refractivity contribution in [3.63, 3.8) is 0 Å². The van der Waals surface area contributed by atoms with Crippen molar-refractivity contribution in [2.45, 2.75) is 50.6 Å². The molecule has 29 heavy (non-hydrogen) atoms. The summed E-state index contributed by atoms with van der Waals surface area (Å²) in [5.74, 6) is 1.57. The van der Waals surface area contributed by atoms with Gasteiger partial charge in [0, 0.05) is 34.3 Å². The van der Waals surface area contributed by atoms with Crippen molar-refractivity contribution < 1.29 is 13.2 Å². The zero-order chi connectivity index (χ0) is 21.0. The SMILES string of the molecule is CCCn1c(CN2CCCCC(COC)C2)nc2cc(S(=O)(=O)N(C)C)ccc21. The summed E-state index contributed by atoms with van der Waals surface area (Å²) in [4.78, 5) is 7.63. The van der Waals surface area contributed by atoms with Gasteiger partial charge in [0.15, 0.2) is 0 Å². The third-order valence-electron chi connectivity index (χ3n) is 5.65. The number of imidazole rings is 1. The Morgan fingerprint density at radius 2 is 2.07 bits per heavy atom. The summed E-state index contributed by atoms with van der Waals surface area (Å²) in [6, 6.07) is 5.29. The summed E-state index contributed by atoms with van der Waals surface area (Å²) < 4.78 is 33.9. The van der Waals surface area contributed by atoms with Crippen LogP contribution in [0, 0.1) is 5.92 Å². The minimum Gasteiger partial charge on any atom is -0.384 e. The summed E-state index contributed by atoms with van der Waals surface area (Å²) in [7, 11) is 1.41. The fourth-order valence-electron chi connectivity index (χ4n) is 4.16. The normalized spacial score (nSPS) is 19.1. The van der Waals surface area contributed by atoms with E-state index < -0.39 is 10.0 Å². The van der Waals surface area contributed by atoms with E-state index >= 15 is 0 Å². The van der Waals surface area contributed by atoms with E-state index in [1.165, 1.54) is 23.6 Å². The second kappa shape index (κ2) is 9.55. The number of aromatic nitrogens is 2. The molecule has 2 aromatic rings. The first-order valence-corrected chi connectivity index (χ1v) is 11.9. The molecule has 1 fully saturated rings. The number of sulfonamides is 1. The van der Waals surface area contributed by atoms with Gasteiger partial charge < -0.3 is 9.30 Å². The topological polar surface area (TPSA) is 67.7 Å². The van der Waals surface area contributed by atoms with Gasteiger partial charge in [0.2, 0.25) is 10.0 Å². The molecule has 0 N–H and O–H groups in total. The van der Waals surface area contributed by atoms with E-state index in [4.69, 9.17) is 9.72 Å². The van der Waals surface area contributed by atoms with Crippen molar-refractivity contribution in [3.8, 4) is 0 Å². The Morgan fingerprint density at radius 1 is 1.28 bits per heavy atom. The predicted molar refractivity (Wildman–Crippen MR) is 115 cm³/mol. The maximum absolute atomic E-state index is 12.5. The van der Waals surface area contributed by atoms with Crippen LogP contribution >= 0.6 is 0 Å². The Kier molecular flexibility index (Phi) is 7.32. The molecule has 1 aromatic heterocycles. The first-order chi connectivity index (χ1) is 13.9. The molecule has 0 amide bonds. The molecule has 1 unspecified atom stereocenters. The molecule has 162 valence electrons. The third kappa shape index (κ3) is 4.99. The Morgan fingerprint density at radius 3 is 2.76 bits per heavy atom. The fraction of sp³-hybridized carbons (Fsp3) is 0.667. The highest BCUT2D eigenvalue weighted by atomic mass is 32.2. The largest absolute Gasteiger partial charge is 0.384 e. The van der Waals surface area contributed by atoms with Crippen molar-refractivity contribution in [2.75, 3.05) is 40.9 Å². The molecule has 0 bridgehead atoms. The maximum Gasteiger partial charge on any atom is 0.242 e. The predicted octanol–water partition coefficient (Wildman–Crippen LogP) is 2.95. The lowest BCUT2D eigenvalue weighted by Gasteiger charge is -2.24. The van der Waals surface area contributed by atoms with Gasteiger partial charge in [-0.2, -0.15) is 0 Å². The maximum atomic E-state index is 12.5. The monoisotopic (exact) mass is 422 g/mol. The van der Waals surface area contributed by atoms with Crippen LogP contribution < -0.4 is 0 Å². The number of ether oxygens (including phenoxy) is 1. The van der Waals surface area contributed by atoms with E-state index in [1.54, 1.807) is 33.3 Å². The number of hydrogen-bond donors (Lipinski definition) is 0. The number of hydrogen-bond acceptors (Lipinski definition) is 5. The van der Waals surface area contributed by atoms with Gasteiger partial charge in [-0.05, 0) is 49.9 Å². The molecule has 1 aliphatic heterocycles. The molecule has 1 atom stereocenters. The lowest BCUT2D eigenvalue weighted by Crippen LogP contribution is -2.31. The van der Waals surface area contributed by atoms with Crippen LogP contribution in [0.25, 0.3) is 11.0 Å². The van der Waals surface area contributed by atoms with E-state index in [9.17, 15) is 8.42 Å². The molecule has 8 heteroatoms. The molecule has 1 saturated heterocycles. The number of benzene rings is 1. The number of fused-ring (bicyclic) bond motifs is 1. The van der Waals surface area contributed by atoms with Gasteiger partial charge in [-0.3, -0.25) is 4.90 Å². The van der Waals surface area contributed by atoms with Gasteiger partial charge in [-0.1, -0.05) is 13.3 Å². The van der Waals surface area contributed by atoms with Gasteiger partial charge in [0.1, 0.15) is 5.82 Å². The van der Waals surface area contributed by atoms with Crippen LogP contribution in [-0.2, 0) is 27.8 Å². The van der Waals surface area contributed by atoms with E-state index in [2.05, 4.69) is 16.4 Å². The zero-order valence-electron chi connectivity index (χ0n) is 18.1. The van der Waals surface area contributed by atoms with Gasteiger partial charge in [-0.15, -0.1) is 0 Å². The summed E-state index contributed by atoms with van der Waals surface area (Å²) in [6.07, 6.45) is 4.64. The van der Waals surface area contributed by atoms with Gasteiger partial charge in [-0.25, -0.2) is 17.7 Å². The highest BCUT2D eigenvalue weighted by Gasteiger charge is 2.22. The van der Waals surface area contributed by atoms with Gasteiger partial charge in [0.25, 0.3) is 0 Å². The van der Waals surface area contributed by atoms with Crippen molar-refractivity contribution in [1.29, 1.82) is 0 Å². The van der Waals surface area contributed by atoms with Crippen molar-refractivity contribution in [3.05, 3.63) is 24.0 Å². The minimum absolute atomic E-state index is 0.289. The molecular weight excluding hydrogens is 388 g/mol. The van der Waals surface area contributed by atoms with Crippen molar-refractivity contribution in [2.24, 2.45) is 5.92 Å². The average Bonchev–Trinajstić information content (AvgIpc) is 2.85.